The van der Waals surface area contributed by atoms with Gasteiger partial charge >= 0.3 is 5.97 Å². The van der Waals surface area contributed by atoms with Crippen LogP contribution in [0.3, 0.4) is 0 Å². The van der Waals surface area contributed by atoms with Gasteiger partial charge in [0, 0.05) is 18.2 Å². The van der Waals surface area contributed by atoms with Crippen molar-refractivity contribution in [2.75, 3.05) is 5.32 Å². The van der Waals surface area contributed by atoms with E-state index >= 15 is 0 Å². The van der Waals surface area contributed by atoms with Gasteiger partial charge in [-0.3, -0.25) is 4.79 Å². The van der Waals surface area contributed by atoms with Crippen LogP contribution in [0.2, 0.25) is 0 Å². The van der Waals surface area contributed by atoms with Gasteiger partial charge in [-0.2, -0.15) is 0 Å². The first-order valence-electron chi connectivity index (χ1n) is 4.24. The van der Waals surface area contributed by atoms with Crippen molar-refractivity contribution in [1.82, 2.24) is 0 Å². The monoisotopic (exact) mass is 191 g/mol. The van der Waals surface area contributed by atoms with E-state index in [2.05, 4.69) is 5.32 Å². The summed E-state index contributed by atoms with van der Waals surface area (Å²) in [6, 6.07) is 5.10. The molecule has 0 atom stereocenters. The molecule has 0 unspecified atom stereocenters. The smallest absolute Gasteiger partial charge is 0.338 e. The van der Waals surface area contributed by atoms with Crippen LogP contribution < -0.4 is 5.32 Å². The first-order chi connectivity index (χ1) is 6.66. The summed E-state index contributed by atoms with van der Waals surface area (Å²) in [4.78, 5) is 21.9. The molecule has 1 aliphatic heterocycles. The lowest BCUT2D eigenvalue weighted by molar-refractivity contribution is -0.114. The lowest BCUT2D eigenvalue weighted by Gasteiger charge is -2.02. The Labute approximate surface area is 80.9 Å². The van der Waals surface area contributed by atoms with Crippen LogP contribution in [-0.4, -0.2) is 11.9 Å². The molecule has 0 saturated carbocycles. The number of fused-ring (bicyclic) bond motifs is 1. The van der Waals surface area contributed by atoms with E-state index in [1.807, 2.05) is 0 Å². The molecule has 0 fully saturated rings. The zero-order chi connectivity index (χ0) is 10.1. The number of anilines is 1. The van der Waals surface area contributed by atoms with Gasteiger partial charge in [0.2, 0.25) is 5.91 Å². The van der Waals surface area contributed by atoms with Gasteiger partial charge in [0.15, 0.2) is 0 Å². The molecular weight excluding hydrogens is 182 g/mol. The summed E-state index contributed by atoms with van der Waals surface area (Å²) >= 11 is 0. The van der Waals surface area contributed by atoms with E-state index in [0.717, 1.165) is 5.56 Å². The van der Waals surface area contributed by atoms with E-state index in [1.165, 1.54) is 6.92 Å². The number of cyclic esters (lactones) is 1. The van der Waals surface area contributed by atoms with Gasteiger partial charge in [0.25, 0.3) is 0 Å². The number of amides is 1. The van der Waals surface area contributed by atoms with Crippen molar-refractivity contribution in [2.24, 2.45) is 0 Å². The SMILES string of the molecule is CC(=O)Nc1ccc2c(c1)COC2=O. The quantitative estimate of drug-likeness (QED) is 0.681. The highest BCUT2D eigenvalue weighted by atomic mass is 16.5. The highest BCUT2D eigenvalue weighted by Gasteiger charge is 2.20. The number of esters is 1. The van der Waals surface area contributed by atoms with Crippen molar-refractivity contribution < 1.29 is 14.3 Å². The van der Waals surface area contributed by atoms with Crippen LogP contribution in [0.25, 0.3) is 0 Å². The molecule has 0 aromatic heterocycles. The Morgan fingerprint density at radius 3 is 3.00 bits per heavy atom. The molecule has 0 aliphatic carbocycles. The van der Waals surface area contributed by atoms with Gasteiger partial charge in [0.05, 0.1) is 5.56 Å². The Hall–Kier alpha value is -1.84. The molecule has 1 N–H and O–H groups in total. The van der Waals surface area contributed by atoms with Crippen LogP contribution in [-0.2, 0) is 16.1 Å². The Balaban J connectivity index is 2.32. The summed E-state index contributed by atoms with van der Waals surface area (Å²) in [6.07, 6.45) is 0. The van der Waals surface area contributed by atoms with Gasteiger partial charge in [-0.25, -0.2) is 4.79 Å². The Bertz CT molecular complexity index is 412. The first-order valence-corrected chi connectivity index (χ1v) is 4.24. The Morgan fingerprint density at radius 1 is 1.50 bits per heavy atom. The van der Waals surface area contributed by atoms with E-state index in [4.69, 9.17) is 4.74 Å². The summed E-state index contributed by atoms with van der Waals surface area (Å²) < 4.78 is 4.83. The van der Waals surface area contributed by atoms with Crippen LogP contribution in [0.1, 0.15) is 22.8 Å². The number of hydrogen-bond acceptors (Lipinski definition) is 3. The predicted molar refractivity (Wildman–Crippen MR) is 49.9 cm³/mol. The van der Waals surface area contributed by atoms with Crippen LogP contribution >= 0.6 is 0 Å². The number of carbonyl (C=O) groups excluding carboxylic acids is 2. The van der Waals surface area contributed by atoms with Crippen molar-refractivity contribution in [1.29, 1.82) is 0 Å². The second kappa shape index (κ2) is 3.14. The largest absolute Gasteiger partial charge is 0.457 e. The molecule has 1 aliphatic rings. The van der Waals surface area contributed by atoms with Crippen LogP contribution in [0, 0.1) is 0 Å². The highest BCUT2D eigenvalue weighted by molar-refractivity contribution is 5.95. The molecule has 0 spiro atoms. The fourth-order valence-corrected chi connectivity index (χ4v) is 1.41. The Morgan fingerprint density at radius 2 is 2.29 bits per heavy atom. The van der Waals surface area contributed by atoms with E-state index < -0.39 is 0 Å². The van der Waals surface area contributed by atoms with Crippen molar-refractivity contribution in [3.63, 3.8) is 0 Å². The number of rotatable bonds is 1. The molecule has 4 heteroatoms. The number of carbonyl (C=O) groups is 2. The van der Waals surface area contributed by atoms with Crippen molar-refractivity contribution >= 4 is 17.6 Å². The summed E-state index contributed by atoms with van der Waals surface area (Å²) in [7, 11) is 0. The molecule has 0 bridgehead atoms. The molecule has 0 saturated heterocycles. The van der Waals surface area contributed by atoms with Crippen molar-refractivity contribution in [3.05, 3.63) is 29.3 Å². The van der Waals surface area contributed by atoms with Gasteiger partial charge in [0.1, 0.15) is 6.61 Å². The lowest BCUT2D eigenvalue weighted by atomic mass is 10.1. The minimum absolute atomic E-state index is 0.129. The van der Waals surface area contributed by atoms with Crippen molar-refractivity contribution in [2.45, 2.75) is 13.5 Å². The van der Waals surface area contributed by atoms with Gasteiger partial charge < -0.3 is 10.1 Å². The molecule has 0 radical (unpaired) electrons. The predicted octanol–water partition coefficient (Wildman–Crippen LogP) is 1.32. The third-order valence-electron chi connectivity index (χ3n) is 2.00. The van der Waals surface area contributed by atoms with E-state index in [0.29, 0.717) is 17.9 Å². The molecule has 1 heterocycles. The summed E-state index contributed by atoms with van der Waals surface area (Å²) in [6.45, 7) is 1.73. The second-order valence-corrected chi connectivity index (χ2v) is 3.13. The molecular formula is C10H9NO3. The van der Waals surface area contributed by atoms with Gasteiger partial charge in [-0.1, -0.05) is 0 Å². The molecule has 2 rings (SSSR count). The van der Waals surface area contributed by atoms with Gasteiger partial charge in [-0.05, 0) is 18.2 Å². The molecule has 14 heavy (non-hydrogen) atoms. The average molecular weight is 191 g/mol. The zero-order valence-electron chi connectivity index (χ0n) is 7.66. The standard InChI is InChI=1S/C10H9NO3/c1-6(12)11-8-2-3-9-7(4-8)5-14-10(9)13/h2-4H,5H2,1H3,(H,11,12). The fraction of sp³-hybridized carbons (Fsp3) is 0.200. The maximum Gasteiger partial charge on any atom is 0.338 e. The number of benzene rings is 1. The molecule has 4 nitrogen and oxygen atoms in total. The highest BCUT2D eigenvalue weighted by Crippen LogP contribution is 2.23. The summed E-state index contributed by atoms with van der Waals surface area (Å²) in [5, 5.41) is 2.64. The molecule has 1 amide bonds. The Kier molecular flexibility index (Phi) is 1.96. The normalized spacial score (nSPS) is 13.4. The van der Waals surface area contributed by atoms with E-state index in [1.54, 1.807) is 18.2 Å². The van der Waals surface area contributed by atoms with E-state index in [9.17, 15) is 9.59 Å². The van der Waals surface area contributed by atoms with Crippen molar-refractivity contribution in [3.8, 4) is 0 Å². The minimum atomic E-state index is -0.297. The summed E-state index contributed by atoms with van der Waals surface area (Å²) in [5.41, 5.74) is 2.09. The second-order valence-electron chi connectivity index (χ2n) is 3.13. The molecule has 1 aromatic carbocycles. The van der Waals surface area contributed by atoms with Crippen LogP contribution in [0.15, 0.2) is 18.2 Å². The third-order valence-corrected chi connectivity index (χ3v) is 2.00. The maximum atomic E-state index is 11.1. The minimum Gasteiger partial charge on any atom is -0.457 e. The lowest BCUT2D eigenvalue weighted by Crippen LogP contribution is -2.06. The number of ether oxygens (including phenoxy) is 1. The van der Waals surface area contributed by atoms with E-state index in [-0.39, 0.29) is 11.9 Å². The van der Waals surface area contributed by atoms with Crippen LogP contribution in [0.5, 0.6) is 0 Å². The topological polar surface area (TPSA) is 55.4 Å². The molecule has 72 valence electrons. The van der Waals surface area contributed by atoms with Gasteiger partial charge in [-0.15, -0.1) is 0 Å². The fourth-order valence-electron chi connectivity index (χ4n) is 1.41. The summed E-state index contributed by atoms with van der Waals surface area (Å²) in [5.74, 6) is -0.426. The number of nitrogens with one attached hydrogen (secondary N) is 1. The number of hydrogen-bond donors (Lipinski definition) is 1. The molecule has 1 aromatic rings. The maximum absolute atomic E-state index is 11.1. The zero-order valence-corrected chi connectivity index (χ0v) is 7.66. The van der Waals surface area contributed by atoms with Crippen LogP contribution in [0.4, 0.5) is 5.69 Å². The first kappa shape index (κ1) is 8.74. The third kappa shape index (κ3) is 1.46. The average Bonchev–Trinajstić information content (AvgIpc) is 2.46.